The van der Waals surface area contributed by atoms with E-state index in [1.54, 1.807) is 7.05 Å². The van der Waals surface area contributed by atoms with Crippen LogP contribution in [0.5, 0.6) is 0 Å². The van der Waals surface area contributed by atoms with Crippen LogP contribution < -0.4 is 10.6 Å². The third kappa shape index (κ3) is 3.20. The minimum absolute atomic E-state index is 0.0246. The number of halogens is 1. The normalized spacial score (nSPS) is 10.1. The van der Waals surface area contributed by atoms with Gasteiger partial charge in [-0.2, -0.15) is 4.80 Å². The Kier molecular flexibility index (Phi) is 3.80. The van der Waals surface area contributed by atoms with Gasteiger partial charge in [0.2, 0.25) is 0 Å². The highest BCUT2D eigenvalue weighted by molar-refractivity contribution is 6.34. The average Bonchev–Trinajstić information content (AvgIpc) is 2.77. The molecule has 0 radical (unpaired) electrons. The Morgan fingerprint density at radius 2 is 2.10 bits per heavy atom. The SMILES string of the molecule is Cn1nnc(NC(=O)Nc2ccc(C(=O)O)cc2Cl)n1. The Morgan fingerprint density at radius 3 is 2.65 bits per heavy atom. The van der Waals surface area contributed by atoms with E-state index in [1.807, 2.05) is 0 Å². The van der Waals surface area contributed by atoms with Gasteiger partial charge < -0.3 is 10.4 Å². The van der Waals surface area contributed by atoms with E-state index in [4.69, 9.17) is 16.7 Å². The van der Waals surface area contributed by atoms with Gasteiger partial charge in [-0.15, -0.1) is 5.10 Å². The van der Waals surface area contributed by atoms with Crippen LogP contribution in [0.4, 0.5) is 16.4 Å². The van der Waals surface area contributed by atoms with Crippen LogP contribution in [0.2, 0.25) is 5.02 Å². The number of nitrogens with zero attached hydrogens (tertiary/aromatic N) is 4. The maximum Gasteiger partial charge on any atom is 0.335 e. The van der Waals surface area contributed by atoms with Gasteiger partial charge in [0.25, 0.3) is 5.95 Å². The van der Waals surface area contributed by atoms with E-state index in [9.17, 15) is 9.59 Å². The van der Waals surface area contributed by atoms with E-state index in [1.165, 1.54) is 23.0 Å². The zero-order valence-corrected chi connectivity index (χ0v) is 10.9. The molecule has 3 N–H and O–H groups in total. The molecule has 0 fully saturated rings. The quantitative estimate of drug-likeness (QED) is 0.782. The molecule has 0 atom stereocenters. The first-order chi connectivity index (χ1) is 9.45. The minimum atomic E-state index is -1.10. The van der Waals surface area contributed by atoms with Gasteiger partial charge in [0.15, 0.2) is 0 Å². The molecule has 0 saturated carbocycles. The highest BCUT2D eigenvalue weighted by atomic mass is 35.5. The van der Waals surface area contributed by atoms with Crippen molar-refractivity contribution in [1.82, 2.24) is 20.2 Å². The minimum Gasteiger partial charge on any atom is -0.478 e. The number of urea groups is 1. The van der Waals surface area contributed by atoms with Crippen molar-refractivity contribution in [2.45, 2.75) is 0 Å². The number of hydrogen-bond acceptors (Lipinski definition) is 5. The molecule has 2 aromatic rings. The maximum absolute atomic E-state index is 11.6. The zero-order valence-electron chi connectivity index (χ0n) is 10.2. The second-order valence-electron chi connectivity index (χ2n) is 3.68. The Bertz CT molecular complexity index is 671. The third-order valence-corrected chi connectivity index (χ3v) is 2.51. The number of benzene rings is 1. The molecule has 104 valence electrons. The van der Waals surface area contributed by atoms with Crippen LogP contribution in [0.15, 0.2) is 18.2 Å². The molecule has 1 aromatic heterocycles. The van der Waals surface area contributed by atoms with Crippen LogP contribution in [0.3, 0.4) is 0 Å². The standard InChI is InChI=1S/C10H9ClN6O3/c1-17-15-9(14-16-17)13-10(20)12-7-3-2-5(8(18)19)4-6(7)11/h2-4H,1H3,(H,18,19)(H2,12,13,15,20). The van der Waals surface area contributed by atoms with E-state index >= 15 is 0 Å². The first-order valence-corrected chi connectivity index (χ1v) is 5.68. The summed E-state index contributed by atoms with van der Waals surface area (Å²) in [5.74, 6) is -1.07. The van der Waals surface area contributed by atoms with E-state index in [0.717, 1.165) is 0 Å². The van der Waals surface area contributed by atoms with Gasteiger partial charge >= 0.3 is 12.0 Å². The molecule has 0 saturated heterocycles. The molecule has 0 aliphatic rings. The van der Waals surface area contributed by atoms with Crippen molar-refractivity contribution in [1.29, 1.82) is 0 Å². The van der Waals surface area contributed by atoms with Gasteiger partial charge in [0.1, 0.15) is 0 Å². The second-order valence-corrected chi connectivity index (χ2v) is 4.09. The van der Waals surface area contributed by atoms with Gasteiger partial charge in [0, 0.05) is 0 Å². The molecule has 20 heavy (non-hydrogen) atoms. The molecular weight excluding hydrogens is 288 g/mol. The number of aromatic nitrogens is 4. The fraction of sp³-hybridized carbons (Fsp3) is 0.100. The van der Waals surface area contributed by atoms with Gasteiger partial charge in [0.05, 0.1) is 23.3 Å². The highest BCUT2D eigenvalue weighted by Gasteiger charge is 2.11. The number of carbonyl (C=O) groups excluding carboxylic acids is 1. The fourth-order valence-electron chi connectivity index (χ4n) is 1.34. The number of rotatable bonds is 3. The molecule has 9 nitrogen and oxygen atoms in total. The molecule has 10 heteroatoms. The molecule has 0 unspecified atom stereocenters. The van der Waals surface area contributed by atoms with Gasteiger partial charge in [-0.1, -0.05) is 16.7 Å². The molecule has 0 bridgehead atoms. The summed E-state index contributed by atoms with van der Waals surface area (Å²) in [7, 11) is 1.55. The summed E-state index contributed by atoms with van der Waals surface area (Å²) in [6.45, 7) is 0. The summed E-state index contributed by atoms with van der Waals surface area (Å²) in [5.41, 5.74) is 0.287. The number of nitrogens with one attached hydrogen (secondary N) is 2. The van der Waals surface area contributed by atoms with Crippen molar-refractivity contribution in [3.05, 3.63) is 28.8 Å². The Morgan fingerprint density at radius 1 is 1.35 bits per heavy atom. The summed E-state index contributed by atoms with van der Waals surface area (Å²) < 4.78 is 0. The predicted octanol–water partition coefficient (Wildman–Crippen LogP) is 1.21. The lowest BCUT2D eigenvalue weighted by atomic mass is 10.2. The van der Waals surface area contributed by atoms with E-state index in [-0.39, 0.29) is 22.2 Å². The molecule has 0 aliphatic carbocycles. The molecule has 1 heterocycles. The molecule has 1 aromatic carbocycles. The number of tetrazole rings is 1. The van der Waals surface area contributed by atoms with Gasteiger partial charge in [-0.25, -0.2) is 9.59 Å². The smallest absolute Gasteiger partial charge is 0.335 e. The number of carboxylic acid groups (broad SMARTS) is 1. The first-order valence-electron chi connectivity index (χ1n) is 5.30. The lowest BCUT2D eigenvalue weighted by molar-refractivity contribution is 0.0697. The van der Waals surface area contributed by atoms with Crippen LogP contribution in [-0.2, 0) is 7.05 Å². The largest absolute Gasteiger partial charge is 0.478 e. The number of amides is 2. The summed E-state index contributed by atoms with van der Waals surface area (Å²) >= 11 is 5.87. The fourth-order valence-corrected chi connectivity index (χ4v) is 1.57. The Hall–Kier alpha value is -2.68. The van der Waals surface area contributed by atoms with Crippen LogP contribution in [0, 0.1) is 0 Å². The highest BCUT2D eigenvalue weighted by Crippen LogP contribution is 2.23. The monoisotopic (exact) mass is 296 g/mol. The number of aromatic carboxylic acids is 1. The summed E-state index contributed by atoms with van der Waals surface area (Å²) in [4.78, 5) is 23.6. The van der Waals surface area contributed by atoms with Gasteiger partial charge in [-0.3, -0.25) is 5.32 Å². The lowest BCUT2D eigenvalue weighted by Crippen LogP contribution is -2.20. The van der Waals surface area contributed by atoms with Crippen LogP contribution in [-0.4, -0.2) is 37.3 Å². The zero-order chi connectivity index (χ0) is 14.7. The van der Waals surface area contributed by atoms with Crippen molar-refractivity contribution in [3.8, 4) is 0 Å². The summed E-state index contributed by atoms with van der Waals surface area (Å²) in [6.07, 6.45) is 0. The number of hydrogen-bond donors (Lipinski definition) is 3. The Labute approximate surface area is 117 Å². The number of anilines is 2. The molecule has 2 amide bonds. The predicted molar refractivity (Wildman–Crippen MR) is 69.9 cm³/mol. The van der Waals surface area contributed by atoms with E-state index in [0.29, 0.717) is 0 Å². The molecule has 2 rings (SSSR count). The van der Waals surface area contributed by atoms with Crippen molar-refractivity contribution in [2.24, 2.45) is 7.05 Å². The van der Waals surface area contributed by atoms with E-state index < -0.39 is 12.0 Å². The molecule has 0 spiro atoms. The van der Waals surface area contributed by atoms with Crippen molar-refractivity contribution >= 4 is 35.2 Å². The summed E-state index contributed by atoms with van der Waals surface area (Å²) in [5, 5.41) is 24.6. The van der Waals surface area contributed by atoms with Gasteiger partial charge in [-0.05, 0) is 23.4 Å². The van der Waals surface area contributed by atoms with E-state index in [2.05, 4.69) is 26.0 Å². The average molecular weight is 297 g/mol. The number of carboxylic acids is 1. The van der Waals surface area contributed by atoms with Crippen LogP contribution in [0.1, 0.15) is 10.4 Å². The number of aryl methyl sites for hydroxylation is 1. The third-order valence-electron chi connectivity index (χ3n) is 2.20. The Balaban J connectivity index is 2.06. The van der Waals surface area contributed by atoms with Crippen molar-refractivity contribution < 1.29 is 14.7 Å². The molecule has 0 aliphatic heterocycles. The van der Waals surface area contributed by atoms with Crippen molar-refractivity contribution in [2.75, 3.05) is 10.6 Å². The topological polar surface area (TPSA) is 122 Å². The molecular formula is C10H9ClN6O3. The van der Waals surface area contributed by atoms with Crippen LogP contribution >= 0.6 is 11.6 Å². The second kappa shape index (κ2) is 5.53. The first kappa shape index (κ1) is 13.7. The number of carbonyl (C=O) groups is 2. The lowest BCUT2D eigenvalue weighted by Gasteiger charge is -2.07. The van der Waals surface area contributed by atoms with Crippen LogP contribution in [0.25, 0.3) is 0 Å². The maximum atomic E-state index is 11.6. The van der Waals surface area contributed by atoms with Crippen molar-refractivity contribution in [3.63, 3.8) is 0 Å². The summed E-state index contributed by atoms with van der Waals surface area (Å²) in [6, 6.07) is 3.32.